The van der Waals surface area contributed by atoms with Crippen LogP contribution in [-0.4, -0.2) is 19.6 Å². The van der Waals surface area contributed by atoms with Gasteiger partial charge in [-0.25, -0.2) is 0 Å². The first kappa shape index (κ1) is 12.2. The van der Waals surface area contributed by atoms with Gasteiger partial charge in [0.05, 0.1) is 5.69 Å². The largest absolute Gasteiger partial charge is 0.375 e. The standard InChI is InChI=1S/C11H14BrNO2/c1-7-4-8(2)11(9(12)5-7)13-10(14)6-15-3/h4-5H,6H2,1-3H3,(H,13,14). The molecule has 0 spiro atoms. The Balaban J connectivity index is 2.90. The molecule has 4 heteroatoms. The lowest BCUT2D eigenvalue weighted by Gasteiger charge is -2.11. The predicted molar refractivity (Wildman–Crippen MR) is 64.1 cm³/mol. The van der Waals surface area contributed by atoms with E-state index in [1.54, 1.807) is 0 Å². The fourth-order valence-electron chi connectivity index (χ4n) is 1.38. The number of ether oxygens (including phenoxy) is 1. The van der Waals surface area contributed by atoms with Crippen LogP contribution in [0.25, 0.3) is 0 Å². The molecule has 1 aromatic rings. The Kier molecular flexibility index (Phi) is 4.29. The van der Waals surface area contributed by atoms with Crippen molar-refractivity contribution in [3.05, 3.63) is 27.7 Å². The molecular formula is C11H14BrNO2. The van der Waals surface area contributed by atoms with Crippen molar-refractivity contribution in [1.82, 2.24) is 0 Å². The van der Waals surface area contributed by atoms with Gasteiger partial charge in [0.1, 0.15) is 6.61 Å². The Bertz CT molecular complexity index is 354. The second kappa shape index (κ2) is 5.28. The Morgan fingerprint density at radius 3 is 2.67 bits per heavy atom. The van der Waals surface area contributed by atoms with Gasteiger partial charge in [-0.05, 0) is 47.0 Å². The molecule has 1 N–H and O–H groups in total. The predicted octanol–water partition coefficient (Wildman–Crippen LogP) is 2.65. The van der Waals surface area contributed by atoms with Gasteiger partial charge in [0.25, 0.3) is 0 Å². The highest BCUT2D eigenvalue weighted by Gasteiger charge is 2.08. The zero-order chi connectivity index (χ0) is 11.4. The van der Waals surface area contributed by atoms with Crippen LogP contribution in [0, 0.1) is 13.8 Å². The number of anilines is 1. The number of methoxy groups -OCH3 is 1. The number of carbonyl (C=O) groups excluding carboxylic acids is 1. The third kappa shape index (κ3) is 3.32. The molecule has 3 nitrogen and oxygen atoms in total. The van der Waals surface area contributed by atoms with Crippen LogP contribution in [0.4, 0.5) is 5.69 Å². The second-order valence-electron chi connectivity index (χ2n) is 3.42. The first-order valence-corrected chi connectivity index (χ1v) is 5.39. The number of aryl methyl sites for hydroxylation is 2. The minimum Gasteiger partial charge on any atom is -0.375 e. The van der Waals surface area contributed by atoms with E-state index in [0.29, 0.717) is 0 Å². The Hall–Kier alpha value is -0.870. The van der Waals surface area contributed by atoms with Crippen LogP contribution < -0.4 is 5.32 Å². The lowest BCUT2D eigenvalue weighted by Crippen LogP contribution is -2.18. The van der Waals surface area contributed by atoms with Crippen LogP contribution >= 0.6 is 15.9 Å². The van der Waals surface area contributed by atoms with Crippen LogP contribution in [0.5, 0.6) is 0 Å². The summed E-state index contributed by atoms with van der Waals surface area (Å²) in [5.41, 5.74) is 3.00. The van der Waals surface area contributed by atoms with E-state index in [9.17, 15) is 4.79 Å². The minimum atomic E-state index is -0.148. The SMILES string of the molecule is COCC(=O)Nc1c(C)cc(C)cc1Br. The number of carbonyl (C=O) groups is 1. The van der Waals surface area contributed by atoms with Crippen LogP contribution in [0.2, 0.25) is 0 Å². The van der Waals surface area contributed by atoms with Gasteiger partial charge in [-0.3, -0.25) is 4.79 Å². The summed E-state index contributed by atoms with van der Waals surface area (Å²) in [6, 6.07) is 3.99. The molecule has 0 saturated carbocycles. The van der Waals surface area contributed by atoms with Crippen molar-refractivity contribution < 1.29 is 9.53 Å². The molecule has 0 fully saturated rings. The highest BCUT2D eigenvalue weighted by Crippen LogP contribution is 2.27. The molecule has 1 rings (SSSR count). The Morgan fingerprint density at radius 1 is 1.47 bits per heavy atom. The fraction of sp³-hybridized carbons (Fsp3) is 0.364. The molecule has 0 aliphatic heterocycles. The van der Waals surface area contributed by atoms with Crippen LogP contribution in [0.3, 0.4) is 0 Å². The Labute approximate surface area is 97.9 Å². The summed E-state index contributed by atoms with van der Waals surface area (Å²) in [5, 5.41) is 2.80. The van der Waals surface area contributed by atoms with Gasteiger partial charge in [0.15, 0.2) is 0 Å². The normalized spacial score (nSPS) is 10.1. The smallest absolute Gasteiger partial charge is 0.250 e. The zero-order valence-corrected chi connectivity index (χ0v) is 10.6. The van der Waals surface area contributed by atoms with E-state index in [4.69, 9.17) is 4.74 Å². The van der Waals surface area contributed by atoms with Crippen molar-refractivity contribution in [3.63, 3.8) is 0 Å². The van der Waals surface area contributed by atoms with E-state index in [2.05, 4.69) is 21.2 Å². The average Bonchev–Trinajstić information content (AvgIpc) is 2.11. The maximum Gasteiger partial charge on any atom is 0.250 e. The minimum absolute atomic E-state index is 0.0692. The topological polar surface area (TPSA) is 38.3 Å². The summed E-state index contributed by atoms with van der Waals surface area (Å²) in [5.74, 6) is -0.148. The monoisotopic (exact) mass is 271 g/mol. The first-order chi connectivity index (χ1) is 7.04. The lowest BCUT2D eigenvalue weighted by atomic mass is 10.1. The molecule has 0 unspecified atom stereocenters. The molecule has 0 radical (unpaired) electrons. The highest BCUT2D eigenvalue weighted by molar-refractivity contribution is 9.10. The van der Waals surface area contributed by atoms with E-state index in [-0.39, 0.29) is 12.5 Å². The third-order valence-corrected chi connectivity index (χ3v) is 2.60. The molecule has 0 saturated heterocycles. The van der Waals surface area contributed by atoms with E-state index in [0.717, 1.165) is 21.3 Å². The van der Waals surface area contributed by atoms with E-state index in [1.165, 1.54) is 7.11 Å². The van der Waals surface area contributed by atoms with Crippen molar-refractivity contribution in [2.75, 3.05) is 19.0 Å². The summed E-state index contributed by atoms with van der Waals surface area (Å²) in [7, 11) is 1.50. The van der Waals surface area contributed by atoms with Crippen LogP contribution in [0.1, 0.15) is 11.1 Å². The quantitative estimate of drug-likeness (QED) is 0.918. The summed E-state index contributed by atoms with van der Waals surface area (Å²) in [4.78, 5) is 11.3. The van der Waals surface area contributed by atoms with Gasteiger partial charge in [0.2, 0.25) is 5.91 Å². The lowest BCUT2D eigenvalue weighted by molar-refractivity contribution is -0.119. The molecule has 1 amide bonds. The second-order valence-corrected chi connectivity index (χ2v) is 4.27. The van der Waals surface area contributed by atoms with Gasteiger partial charge in [-0.2, -0.15) is 0 Å². The maximum atomic E-state index is 11.3. The van der Waals surface area contributed by atoms with Crippen LogP contribution in [0.15, 0.2) is 16.6 Å². The number of amides is 1. The molecule has 0 aliphatic rings. The maximum absolute atomic E-state index is 11.3. The van der Waals surface area contributed by atoms with Gasteiger partial charge >= 0.3 is 0 Å². The molecule has 82 valence electrons. The molecular weight excluding hydrogens is 258 g/mol. The van der Waals surface area contributed by atoms with E-state index >= 15 is 0 Å². The summed E-state index contributed by atoms with van der Waals surface area (Å²) in [6.07, 6.45) is 0. The van der Waals surface area contributed by atoms with Gasteiger partial charge in [-0.15, -0.1) is 0 Å². The van der Waals surface area contributed by atoms with Crippen molar-refractivity contribution in [3.8, 4) is 0 Å². The fourth-order valence-corrected chi connectivity index (χ4v) is 2.15. The molecule has 15 heavy (non-hydrogen) atoms. The van der Waals surface area contributed by atoms with Gasteiger partial charge in [0, 0.05) is 11.6 Å². The molecule has 0 bridgehead atoms. The molecule has 0 heterocycles. The number of nitrogens with one attached hydrogen (secondary N) is 1. The van der Waals surface area contributed by atoms with Gasteiger partial charge < -0.3 is 10.1 Å². The van der Waals surface area contributed by atoms with Crippen LogP contribution in [-0.2, 0) is 9.53 Å². The average molecular weight is 272 g/mol. The highest BCUT2D eigenvalue weighted by atomic mass is 79.9. The number of hydrogen-bond acceptors (Lipinski definition) is 2. The molecule has 0 aromatic heterocycles. The van der Waals surface area contributed by atoms with Gasteiger partial charge in [-0.1, -0.05) is 6.07 Å². The summed E-state index contributed by atoms with van der Waals surface area (Å²) in [6.45, 7) is 4.04. The summed E-state index contributed by atoms with van der Waals surface area (Å²) < 4.78 is 5.64. The Morgan fingerprint density at radius 2 is 2.13 bits per heavy atom. The number of rotatable bonds is 3. The summed E-state index contributed by atoms with van der Waals surface area (Å²) >= 11 is 3.42. The van der Waals surface area contributed by atoms with E-state index < -0.39 is 0 Å². The molecule has 0 aliphatic carbocycles. The zero-order valence-electron chi connectivity index (χ0n) is 9.06. The molecule has 0 atom stereocenters. The van der Waals surface area contributed by atoms with Crippen molar-refractivity contribution >= 4 is 27.5 Å². The third-order valence-electron chi connectivity index (χ3n) is 1.97. The van der Waals surface area contributed by atoms with Crippen molar-refractivity contribution in [2.45, 2.75) is 13.8 Å². The van der Waals surface area contributed by atoms with Crippen molar-refractivity contribution in [1.29, 1.82) is 0 Å². The first-order valence-electron chi connectivity index (χ1n) is 4.60. The number of halogens is 1. The number of benzene rings is 1. The number of hydrogen-bond donors (Lipinski definition) is 1. The van der Waals surface area contributed by atoms with Crippen molar-refractivity contribution in [2.24, 2.45) is 0 Å². The molecule has 1 aromatic carbocycles. The van der Waals surface area contributed by atoms with E-state index in [1.807, 2.05) is 26.0 Å².